The molecular formula is C31H27NO2. The van der Waals surface area contributed by atoms with Gasteiger partial charge in [0.25, 0.3) is 0 Å². The molecule has 0 aliphatic heterocycles. The molecule has 0 amide bonds. The first-order valence-corrected chi connectivity index (χ1v) is 11.5. The second-order valence-corrected chi connectivity index (χ2v) is 8.62. The Kier molecular flexibility index (Phi) is 5.94. The van der Waals surface area contributed by atoms with Gasteiger partial charge in [0.2, 0.25) is 0 Å². The van der Waals surface area contributed by atoms with Gasteiger partial charge in [-0.3, -0.25) is 5.32 Å². The zero-order chi connectivity index (χ0) is 23.5. The predicted molar refractivity (Wildman–Crippen MR) is 137 cm³/mol. The van der Waals surface area contributed by atoms with Crippen molar-refractivity contribution in [2.24, 2.45) is 0 Å². The van der Waals surface area contributed by atoms with E-state index in [9.17, 15) is 5.11 Å². The molecule has 0 aromatic heterocycles. The smallest absolute Gasteiger partial charge is 0.130 e. The molecule has 3 nitrogen and oxygen atoms in total. The molecule has 3 heteroatoms. The van der Waals surface area contributed by atoms with Crippen LogP contribution in [0.25, 0.3) is 11.1 Å². The van der Waals surface area contributed by atoms with E-state index in [0.29, 0.717) is 6.42 Å². The van der Waals surface area contributed by atoms with Crippen LogP contribution in [-0.2, 0) is 12.0 Å². The predicted octanol–water partition coefficient (Wildman–Crippen LogP) is 5.16. The van der Waals surface area contributed by atoms with E-state index in [1.165, 1.54) is 11.1 Å². The number of nitrogens with one attached hydrogen (secondary N) is 1. The van der Waals surface area contributed by atoms with Gasteiger partial charge in [-0.05, 0) is 51.9 Å². The van der Waals surface area contributed by atoms with Crippen molar-refractivity contribution in [3.05, 3.63) is 125 Å². The van der Waals surface area contributed by atoms with Gasteiger partial charge in [-0.1, -0.05) is 96.9 Å². The molecular weight excluding hydrogens is 418 g/mol. The summed E-state index contributed by atoms with van der Waals surface area (Å²) >= 11 is 0. The van der Waals surface area contributed by atoms with Crippen LogP contribution in [-0.4, -0.2) is 24.4 Å². The number of fused-ring (bicyclic) bond motifs is 3. The van der Waals surface area contributed by atoms with Gasteiger partial charge in [0, 0.05) is 6.04 Å². The van der Waals surface area contributed by atoms with Crippen LogP contribution >= 0.6 is 0 Å². The molecule has 0 fully saturated rings. The molecule has 2 atom stereocenters. The van der Waals surface area contributed by atoms with Gasteiger partial charge in [-0.2, -0.15) is 0 Å². The van der Waals surface area contributed by atoms with Crippen LogP contribution in [0.2, 0.25) is 0 Å². The van der Waals surface area contributed by atoms with Crippen molar-refractivity contribution in [1.82, 2.24) is 5.32 Å². The van der Waals surface area contributed by atoms with Crippen molar-refractivity contribution in [3.63, 3.8) is 0 Å². The van der Waals surface area contributed by atoms with E-state index in [1.54, 1.807) is 7.11 Å². The summed E-state index contributed by atoms with van der Waals surface area (Å²) in [6.45, 7) is 0. The fourth-order valence-corrected chi connectivity index (χ4v) is 5.12. The number of hydrogen-bond acceptors (Lipinski definition) is 3. The molecule has 0 saturated heterocycles. The average molecular weight is 446 g/mol. The number of methoxy groups -OCH3 is 1. The third-order valence-electron chi connectivity index (χ3n) is 6.73. The molecule has 1 aliphatic rings. The Morgan fingerprint density at radius 3 is 1.94 bits per heavy atom. The quantitative estimate of drug-likeness (QED) is 0.386. The first-order chi connectivity index (χ1) is 16.7. The molecule has 168 valence electrons. The van der Waals surface area contributed by atoms with Crippen molar-refractivity contribution in [1.29, 1.82) is 0 Å². The van der Waals surface area contributed by atoms with E-state index in [1.807, 2.05) is 30.3 Å². The summed E-state index contributed by atoms with van der Waals surface area (Å²) < 4.78 is 5.31. The van der Waals surface area contributed by atoms with E-state index in [2.05, 4.69) is 84.0 Å². The molecule has 0 unspecified atom stereocenters. The third kappa shape index (κ3) is 3.68. The van der Waals surface area contributed by atoms with E-state index in [0.717, 1.165) is 28.0 Å². The van der Waals surface area contributed by atoms with Crippen LogP contribution in [0.3, 0.4) is 0 Å². The number of aliphatic hydroxyl groups excluding tert-OH is 1. The summed E-state index contributed by atoms with van der Waals surface area (Å²) in [7, 11) is 1.65. The molecule has 0 saturated carbocycles. The minimum absolute atomic E-state index is 0.391. The maximum atomic E-state index is 11.0. The minimum atomic E-state index is -0.970. The van der Waals surface area contributed by atoms with Gasteiger partial charge in [0.05, 0.1) is 12.6 Å². The largest absolute Gasteiger partial charge is 0.497 e. The molecule has 0 bridgehead atoms. The second-order valence-electron chi connectivity index (χ2n) is 8.62. The summed E-state index contributed by atoms with van der Waals surface area (Å²) in [5.41, 5.74) is 6.22. The summed E-state index contributed by atoms with van der Waals surface area (Å²) in [5.74, 6) is 3.36. The van der Waals surface area contributed by atoms with Crippen molar-refractivity contribution < 1.29 is 9.84 Å². The van der Waals surface area contributed by atoms with Crippen LogP contribution in [0.1, 0.15) is 22.3 Å². The topological polar surface area (TPSA) is 41.5 Å². The molecule has 0 spiro atoms. The molecule has 1 aliphatic carbocycles. The second kappa shape index (κ2) is 9.19. The Hall–Kier alpha value is -3.84. The first kappa shape index (κ1) is 22.0. The molecule has 4 aromatic rings. The lowest BCUT2D eigenvalue weighted by Gasteiger charge is -2.38. The molecule has 0 heterocycles. The molecule has 4 aromatic carbocycles. The summed E-state index contributed by atoms with van der Waals surface area (Å²) in [6.07, 6.45) is 5.35. The maximum absolute atomic E-state index is 11.0. The maximum Gasteiger partial charge on any atom is 0.130 e. The van der Waals surface area contributed by atoms with Gasteiger partial charge < -0.3 is 9.84 Å². The number of hydrogen-bond donors (Lipinski definition) is 2. The zero-order valence-corrected chi connectivity index (χ0v) is 19.1. The fourth-order valence-electron chi connectivity index (χ4n) is 5.12. The van der Waals surface area contributed by atoms with Crippen molar-refractivity contribution in [3.8, 4) is 29.2 Å². The van der Waals surface area contributed by atoms with E-state index in [4.69, 9.17) is 11.2 Å². The Bertz CT molecular complexity index is 1280. The lowest BCUT2D eigenvalue weighted by atomic mass is 9.79. The lowest BCUT2D eigenvalue weighted by Crippen LogP contribution is -2.53. The van der Waals surface area contributed by atoms with Gasteiger partial charge >= 0.3 is 0 Å². The van der Waals surface area contributed by atoms with Crippen molar-refractivity contribution >= 4 is 0 Å². The van der Waals surface area contributed by atoms with Crippen LogP contribution < -0.4 is 10.1 Å². The highest BCUT2D eigenvalue weighted by Crippen LogP contribution is 2.51. The highest BCUT2D eigenvalue weighted by molar-refractivity contribution is 5.83. The van der Waals surface area contributed by atoms with E-state index < -0.39 is 17.7 Å². The lowest BCUT2D eigenvalue weighted by molar-refractivity contribution is 0.165. The van der Waals surface area contributed by atoms with Gasteiger partial charge in [-0.15, -0.1) is 6.42 Å². The summed E-state index contributed by atoms with van der Waals surface area (Å²) in [4.78, 5) is 0. The molecule has 34 heavy (non-hydrogen) atoms. The van der Waals surface area contributed by atoms with Crippen molar-refractivity contribution in [2.45, 2.75) is 24.1 Å². The monoisotopic (exact) mass is 445 g/mol. The first-order valence-electron chi connectivity index (χ1n) is 11.5. The van der Waals surface area contributed by atoms with Crippen LogP contribution in [0.5, 0.6) is 5.75 Å². The summed E-state index contributed by atoms with van der Waals surface area (Å²) in [6, 6.07) is 34.9. The Labute approximate surface area is 201 Å². The highest BCUT2D eigenvalue weighted by atomic mass is 16.5. The Balaban J connectivity index is 1.67. The van der Waals surface area contributed by atoms with Gasteiger partial charge in [0.1, 0.15) is 11.9 Å². The Morgan fingerprint density at radius 1 is 0.824 bits per heavy atom. The normalized spacial score (nSPS) is 15.0. The van der Waals surface area contributed by atoms with Crippen LogP contribution in [0.4, 0.5) is 0 Å². The number of aliphatic hydroxyl groups is 1. The van der Waals surface area contributed by atoms with Crippen LogP contribution in [0.15, 0.2) is 103 Å². The van der Waals surface area contributed by atoms with E-state index in [-0.39, 0.29) is 0 Å². The molecule has 5 rings (SSSR count). The van der Waals surface area contributed by atoms with Crippen molar-refractivity contribution in [2.75, 3.05) is 7.11 Å². The zero-order valence-electron chi connectivity index (χ0n) is 19.1. The third-order valence-corrected chi connectivity index (χ3v) is 6.73. The SMILES string of the molecule is C#C[C@@H](O)[C@@H](Cc1ccc(OC)cc1)NC1(c2ccccc2)c2ccccc2-c2ccccc21. The van der Waals surface area contributed by atoms with Gasteiger partial charge in [0.15, 0.2) is 0 Å². The van der Waals surface area contributed by atoms with Gasteiger partial charge in [-0.25, -0.2) is 0 Å². The molecule has 2 N–H and O–H groups in total. The number of benzene rings is 4. The fraction of sp³-hybridized carbons (Fsp3) is 0.161. The van der Waals surface area contributed by atoms with E-state index >= 15 is 0 Å². The Morgan fingerprint density at radius 2 is 1.38 bits per heavy atom. The summed E-state index contributed by atoms with van der Waals surface area (Å²) in [5, 5.41) is 14.8. The minimum Gasteiger partial charge on any atom is -0.497 e. The average Bonchev–Trinajstić information content (AvgIpc) is 3.19. The number of ether oxygens (including phenoxy) is 1. The number of rotatable bonds is 7. The van der Waals surface area contributed by atoms with Crippen LogP contribution in [0, 0.1) is 12.3 Å². The highest BCUT2D eigenvalue weighted by Gasteiger charge is 2.46. The standard InChI is InChI=1S/C31H27NO2/c1-3-30(33)29(21-22-17-19-24(34-2)20-18-22)32-31(23-11-5-4-6-12-23)27-15-9-7-13-25(27)26-14-8-10-16-28(26)31/h1,4-20,29-30,32-33H,21H2,2H3/t29-,30-/m1/s1. The number of terminal acetylenes is 1. The molecule has 0 radical (unpaired) electrons.